The highest BCUT2D eigenvalue weighted by Crippen LogP contribution is 2.22. The molecule has 1 heterocycles. The van der Waals surface area contributed by atoms with Crippen molar-refractivity contribution in [2.24, 2.45) is 0 Å². The van der Waals surface area contributed by atoms with Crippen molar-refractivity contribution in [3.63, 3.8) is 0 Å². The number of ether oxygens (including phenoxy) is 1. The Balaban J connectivity index is 1.53. The van der Waals surface area contributed by atoms with Crippen molar-refractivity contribution in [3.8, 4) is 0 Å². The molecule has 6 nitrogen and oxygen atoms in total. The number of nitrogens with zero attached hydrogens (tertiary/aromatic N) is 1. The molecule has 26 heavy (non-hydrogen) atoms. The Morgan fingerprint density at radius 3 is 2.85 bits per heavy atom. The molecule has 7 heteroatoms. The van der Waals surface area contributed by atoms with Crippen molar-refractivity contribution in [2.75, 3.05) is 11.9 Å². The smallest absolute Gasteiger partial charge is 0.331 e. The van der Waals surface area contributed by atoms with Crippen molar-refractivity contribution >= 4 is 46.3 Å². The number of hydrogen-bond acceptors (Lipinski definition) is 5. The normalized spacial score (nSPS) is 11.0. The van der Waals surface area contributed by atoms with Crippen LogP contribution in [0.2, 0.25) is 5.02 Å². The first-order valence-electron chi connectivity index (χ1n) is 7.78. The zero-order valence-corrected chi connectivity index (χ0v) is 14.6. The Morgan fingerprint density at radius 1 is 1.23 bits per heavy atom. The molecule has 3 rings (SSSR count). The highest BCUT2D eigenvalue weighted by Gasteiger charge is 2.09. The number of oxazole rings is 1. The number of hydrogen-bond donors (Lipinski definition) is 1. The minimum absolute atomic E-state index is 0.280. The van der Waals surface area contributed by atoms with Crippen molar-refractivity contribution in [1.82, 2.24) is 4.98 Å². The quantitative estimate of drug-likeness (QED) is 0.542. The fraction of sp³-hybridized carbons (Fsp3) is 0.105. The minimum atomic E-state index is -0.676. The average molecular weight is 371 g/mol. The van der Waals surface area contributed by atoms with E-state index in [1.54, 1.807) is 37.3 Å². The van der Waals surface area contributed by atoms with Crippen LogP contribution in [0.5, 0.6) is 0 Å². The number of halogens is 1. The number of benzene rings is 2. The van der Waals surface area contributed by atoms with E-state index >= 15 is 0 Å². The minimum Gasteiger partial charge on any atom is -0.452 e. The fourth-order valence-electron chi connectivity index (χ4n) is 2.21. The summed E-state index contributed by atoms with van der Waals surface area (Å²) in [5.41, 5.74) is 2.62. The molecule has 0 aliphatic heterocycles. The van der Waals surface area contributed by atoms with Crippen molar-refractivity contribution in [2.45, 2.75) is 6.92 Å². The molecule has 0 saturated heterocycles. The second-order valence-corrected chi connectivity index (χ2v) is 5.83. The number of carbonyl (C=O) groups is 2. The lowest BCUT2D eigenvalue weighted by atomic mass is 10.2. The Bertz CT molecular complexity index is 961. The number of rotatable bonds is 5. The predicted octanol–water partition coefficient (Wildman–Crippen LogP) is 3.98. The molecule has 2 aromatic carbocycles. The summed E-state index contributed by atoms with van der Waals surface area (Å²) in [6, 6.07) is 12.4. The number of carbonyl (C=O) groups excluding carboxylic acids is 2. The molecule has 0 atom stereocenters. The Labute approximate surface area is 154 Å². The van der Waals surface area contributed by atoms with E-state index in [1.807, 2.05) is 12.1 Å². The lowest BCUT2D eigenvalue weighted by Gasteiger charge is -2.09. The molecule has 0 aliphatic carbocycles. The van der Waals surface area contributed by atoms with Gasteiger partial charge in [0.25, 0.3) is 5.91 Å². The van der Waals surface area contributed by atoms with Crippen LogP contribution in [0, 0.1) is 6.92 Å². The van der Waals surface area contributed by atoms with E-state index in [1.165, 1.54) is 6.08 Å². The van der Waals surface area contributed by atoms with Gasteiger partial charge in [-0.1, -0.05) is 29.8 Å². The fourth-order valence-corrected chi connectivity index (χ4v) is 2.39. The molecular weight excluding hydrogens is 356 g/mol. The Morgan fingerprint density at radius 2 is 2.04 bits per heavy atom. The predicted molar refractivity (Wildman–Crippen MR) is 98.8 cm³/mol. The summed E-state index contributed by atoms with van der Waals surface area (Å²) in [4.78, 5) is 27.8. The second-order valence-electron chi connectivity index (χ2n) is 5.42. The molecule has 0 aliphatic rings. The number of fused-ring (bicyclic) bond motifs is 1. The Hall–Kier alpha value is -3.12. The van der Waals surface area contributed by atoms with Crippen LogP contribution < -0.4 is 5.32 Å². The molecule has 0 unspecified atom stereocenters. The number of nitrogens with one attached hydrogen (secondary N) is 1. The average Bonchev–Trinajstić information content (AvgIpc) is 3.05. The topological polar surface area (TPSA) is 81.4 Å². The van der Waals surface area contributed by atoms with E-state index < -0.39 is 18.5 Å². The summed E-state index contributed by atoms with van der Waals surface area (Å²) in [6.45, 7) is 1.37. The lowest BCUT2D eigenvalue weighted by molar-refractivity contribution is -0.142. The zero-order valence-electron chi connectivity index (χ0n) is 13.9. The molecule has 0 radical (unpaired) electrons. The second kappa shape index (κ2) is 7.84. The molecule has 3 aromatic rings. The van der Waals surface area contributed by atoms with Crippen molar-refractivity contribution < 1.29 is 18.7 Å². The summed E-state index contributed by atoms with van der Waals surface area (Å²) in [6.07, 6.45) is 2.55. The number of esters is 1. The lowest BCUT2D eigenvalue weighted by Crippen LogP contribution is -2.20. The number of para-hydroxylation sites is 2. The molecule has 132 valence electrons. The van der Waals surface area contributed by atoms with Gasteiger partial charge in [-0.3, -0.25) is 4.79 Å². The van der Waals surface area contributed by atoms with E-state index in [2.05, 4.69) is 10.3 Å². The van der Waals surface area contributed by atoms with Crippen LogP contribution in [0.15, 0.2) is 53.0 Å². The van der Waals surface area contributed by atoms with Gasteiger partial charge in [-0.15, -0.1) is 0 Å². The Kier molecular flexibility index (Phi) is 5.34. The third kappa shape index (κ3) is 4.29. The molecule has 1 amide bonds. The van der Waals surface area contributed by atoms with Crippen LogP contribution in [-0.4, -0.2) is 23.5 Å². The monoisotopic (exact) mass is 370 g/mol. The van der Waals surface area contributed by atoms with Gasteiger partial charge in [-0.25, -0.2) is 9.78 Å². The maximum atomic E-state index is 11.9. The maximum absolute atomic E-state index is 11.9. The van der Waals surface area contributed by atoms with Gasteiger partial charge in [0, 0.05) is 22.9 Å². The van der Waals surface area contributed by atoms with Gasteiger partial charge in [-0.2, -0.15) is 0 Å². The maximum Gasteiger partial charge on any atom is 0.331 e. The SMILES string of the molecule is Cc1c(Cl)cccc1NC(=O)COC(=O)/C=C/c1nc2ccccc2o1. The first-order valence-corrected chi connectivity index (χ1v) is 8.16. The summed E-state index contributed by atoms with van der Waals surface area (Å²) in [5.74, 6) is -0.855. The van der Waals surface area contributed by atoms with E-state index in [0.29, 0.717) is 21.8 Å². The van der Waals surface area contributed by atoms with Gasteiger partial charge in [-0.05, 0) is 36.8 Å². The number of anilines is 1. The van der Waals surface area contributed by atoms with Crippen molar-refractivity contribution in [3.05, 3.63) is 65.0 Å². The third-order valence-corrected chi connectivity index (χ3v) is 3.97. The van der Waals surface area contributed by atoms with E-state index in [0.717, 1.165) is 11.6 Å². The van der Waals surface area contributed by atoms with Gasteiger partial charge >= 0.3 is 5.97 Å². The third-order valence-electron chi connectivity index (χ3n) is 3.56. The van der Waals surface area contributed by atoms with Gasteiger partial charge in [0.15, 0.2) is 12.2 Å². The standard InChI is InChI=1S/C19H15ClN2O4/c1-12-13(20)5-4-7-14(12)21-17(23)11-25-19(24)10-9-18-22-15-6-2-3-8-16(15)26-18/h2-10H,11H2,1H3,(H,21,23)/b10-9+. The molecule has 0 spiro atoms. The molecule has 1 N–H and O–H groups in total. The zero-order chi connectivity index (χ0) is 18.5. The van der Waals surface area contributed by atoms with E-state index in [4.69, 9.17) is 20.8 Å². The highest BCUT2D eigenvalue weighted by atomic mass is 35.5. The van der Waals surface area contributed by atoms with Gasteiger partial charge in [0.1, 0.15) is 5.52 Å². The molecule has 0 saturated carbocycles. The highest BCUT2D eigenvalue weighted by molar-refractivity contribution is 6.31. The first kappa shape index (κ1) is 17.7. The summed E-state index contributed by atoms with van der Waals surface area (Å²) < 4.78 is 10.4. The van der Waals surface area contributed by atoms with E-state index in [9.17, 15) is 9.59 Å². The van der Waals surface area contributed by atoms with Crippen LogP contribution in [0.25, 0.3) is 17.2 Å². The van der Waals surface area contributed by atoms with Crippen LogP contribution in [0.4, 0.5) is 5.69 Å². The largest absolute Gasteiger partial charge is 0.452 e. The van der Waals surface area contributed by atoms with E-state index in [-0.39, 0.29) is 5.89 Å². The summed E-state index contributed by atoms with van der Waals surface area (Å²) >= 11 is 5.99. The molecule has 0 bridgehead atoms. The van der Waals surface area contributed by atoms with Gasteiger partial charge < -0.3 is 14.5 Å². The van der Waals surface area contributed by atoms with Gasteiger partial charge in [0.05, 0.1) is 0 Å². The summed E-state index contributed by atoms with van der Waals surface area (Å²) in [7, 11) is 0. The molecule has 0 fully saturated rings. The van der Waals surface area contributed by atoms with Crippen LogP contribution >= 0.6 is 11.6 Å². The molecule has 1 aromatic heterocycles. The molecular formula is C19H15ClN2O4. The first-order chi connectivity index (χ1) is 12.5. The van der Waals surface area contributed by atoms with Crippen LogP contribution in [0.3, 0.4) is 0 Å². The van der Waals surface area contributed by atoms with Crippen LogP contribution in [-0.2, 0) is 14.3 Å². The van der Waals surface area contributed by atoms with Crippen LogP contribution in [0.1, 0.15) is 11.5 Å². The van der Waals surface area contributed by atoms with Gasteiger partial charge in [0.2, 0.25) is 5.89 Å². The van der Waals surface area contributed by atoms with Crippen molar-refractivity contribution in [1.29, 1.82) is 0 Å². The number of amides is 1. The number of aromatic nitrogens is 1. The summed E-state index contributed by atoms with van der Waals surface area (Å²) in [5, 5.41) is 3.19.